The molecule has 0 bridgehead atoms. The number of fused-ring (bicyclic) bond motifs is 1. The van der Waals surface area contributed by atoms with Crippen LogP contribution < -0.4 is 0 Å². The van der Waals surface area contributed by atoms with Crippen LogP contribution in [0, 0.1) is 17.1 Å². The molecule has 2 aromatic carbocycles. The van der Waals surface area contributed by atoms with Gasteiger partial charge in [0.2, 0.25) is 0 Å². The van der Waals surface area contributed by atoms with Crippen molar-refractivity contribution in [3.63, 3.8) is 0 Å². The maximum Gasteiger partial charge on any atom is 0.160 e. The summed E-state index contributed by atoms with van der Waals surface area (Å²) in [6.45, 7) is 0. The van der Waals surface area contributed by atoms with Crippen LogP contribution in [0.1, 0.15) is 5.56 Å². The molecule has 6 heteroatoms. The largest absolute Gasteiger partial charge is 0.243 e. The molecule has 0 aliphatic rings. The van der Waals surface area contributed by atoms with Crippen LogP contribution in [0.3, 0.4) is 0 Å². The summed E-state index contributed by atoms with van der Waals surface area (Å²) in [6, 6.07) is 19.9. The summed E-state index contributed by atoms with van der Waals surface area (Å²) >= 11 is 1.52. The highest BCUT2D eigenvalue weighted by Gasteiger charge is 2.14. The van der Waals surface area contributed by atoms with E-state index in [1.165, 1.54) is 17.4 Å². The van der Waals surface area contributed by atoms with Gasteiger partial charge in [-0.15, -0.1) is 11.3 Å². The third kappa shape index (κ3) is 3.11. The van der Waals surface area contributed by atoms with E-state index in [2.05, 4.69) is 21.0 Å². The minimum absolute atomic E-state index is 0.371. The van der Waals surface area contributed by atoms with Crippen molar-refractivity contribution >= 4 is 22.4 Å². The van der Waals surface area contributed by atoms with Gasteiger partial charge < -0.3 is 0 Å². The Kier molecular flexibility index (Phi) is 4.51. The van der Waals surface area contributed by atoms with Crippen LogP contribution in [0.2, 0.25) is 0 Å². The fourth-order valence-corrected chi connectivity index (χ4v) is 4.07. The molecular formula is C24H13FN4S. The summed E-state index contributed by atoms with van der Waals surface area (Å²) in [5, 5.41) is 13.0. The number of thiazole rings is 1. The van der Waals surface area contributed by atoms with Gasteiger partial charge >= 0.3 is 0 Å². The van der Waals surface area contributed by atoms with Crippen LogP contribution in [0.5, 0.6) is 0 Å². The molecule has 5 aromatic rings. The summed E-state index contributed by atoms with van der Waals surface area (Å²) < 4.78 is 14.7. The van der Waals surface area contributed by atoms with Gasteiger partial charge in [0.25, 0.3) is 0 Å². The lowest BCUT2D eigenvalue weighted by molar-refractivity contribution is 0.631. The van der Waals surface area contributed by atoms with Crippen molar-refractivity contribution in [3.8, 4) is 39.0 Å². The first-order valence-corrected chi connectivity index (χ1v) is 10.1. The molecule has 30 heavy (non-hydrogen) atoms. The lowest BCUT2D eigenvalue weighted by Crippen LogP contribution is -1.92. The minimum atomic E-state index is -0.371. The molecule has 0 aliphatic heterocycles. The predicted octanol–water partition coefficient (Wildman–Crippen LogP) is 6.10. The third-order valence-corrected chi connectivity index (χ3v) is 5.67. The van der Waals surface area contributed by atoms with Crippen LogP contribution in [0.4, 0.5) is 4.39 Å². The molecule has 5 rings (SSSR count). The van der Waals surface area contributed by atoms with E-state index in [9.17, 15) is 9.65 Å². The van der Waals surface area contributed by atoms with E-state index in [4.69, 9.17) is 0 Å². The van der Waals surface area contributed by atoms with Gasteiger partial charge in [-0.3, -0.25) is 0 Å². The zero-order valence-corrected chi connectivity index (χ0v) is 16.4. The van der Waals surface area contributed by atoms with Crippen molar-refractivity contribution in [2.45, 2.75) is 0 Å². The molecule has 0 aliphatic carbocycles. The van der Waals surface area contributed by atoms with Crippen LogP contribution >= 0.6 is 11.3 Å². The number of benzene rings is 2. The van der Waals surface area contributed by atoms with E-state index in [1.54, 1.807) is 48.8 Å². The normalized spacial score (nSPS) is 10.8. The smallest absolute Gasteiger partial charge is 0.160 e. The van der Waals surface area contributed by atoms with E-state index < -0.39 is 0 Å². The number of nitriles is 1. The zero-order chi connectivity index (χ0) is 20.5. The molecule has 142 valence electrons. The molecule has 0 unspecified atom stereocenters. The van der Waals surface area contributed by atoms with Crippen molar-refractivity contribution < 1.29 is 4.39 Å². The van der Waals surface area contributed by atoms with Gasteiger partial charge in [0.1, 0.15) is 16.5 Å². The van der Waals surface area contributed by atoms with Crippen LogP contribution in [0.25, 0.3) is 44.0 Å². The average molecular weight is 408 g/mol. The number of hydrogen-bond acceptors (Lipinski definition) is 5. The van der Waals surface area contributed by atoms with Crippen molar-refractivity contribution in [1.29, 1.82) is 5.26 Å². The summed E-state index contributed by atoms with van der Waals surface area (Å²) in [5.74, 6) is -0.371. The first-order chi connectivity index (χ1) is 14.7. The van der Waals surface area contributed by atoms with Crippen molar-refractivity contribution in [2.75, 3.05) is 0 Å². The topological polar surface area (TPSA) is 62.5 Å². The van der Waals surface area contributed by atoms with E-state index in [0.29, 0.717) is 22.3 Å². The summed E-state index contributed by atoms with van der Waals surface area (Å²) in [7, 11) is 0. The molecule has 0 amide bonds. The fraction of sp³-hybridized carbons (Fsp3) is 0. The second-order valence-corrected chi connectivity index (χ2v) is 7.51. The lowest BCUT2D eigenvalue weighted by Gasteiger charge is -2.11. The third-order valence-electron chi connectivity index (χ3n) is 4.87. The Morgan fingerprint density at radius 2 is 1.77 bits per heavy atom. The molecule has 0 radical (unpaired) electrons. The Bertz CT molecular complexity index is 1420. The zero-order valence-electron chi connectivity index (χ0n) is 15.6. The summed E-state index contributed by atoms with van der Waals surface area (Å²) in [6.07, 6.45) is 3.44. The standard InChI is InChI=1S/C24H13FN4S/c25-21-7-5-15(13-20(21)17-4-2-1-3-16(17)14-26)18-9-10-27-23-19(18)6-8-22(29-23)24-28-11-12-30-24/h1-13H. The Morgan fingerprint density at radius 1 is 0.867 bits per heavy atom. The second-order valence-electron chi connectivity index (χ2n) is 6.62. The highest BCUT2D eigenvalue weighted by Crippen LogP contribution is 2.34. The number of nitrogens with zero attached hydrogens (tertiary/aromatic N) is 4. The molecular weight excluding hydrogens is 395 g/mol. The first-order valence-electron chi connectivity index (χ1n) is 9.19. The van der Waals surface area contributed by atoms with Crippen LogP contribution in [0.15, 0.2) is 78.4 Å². The van der Waals surface area contributed by atoms with Crippen LogP contribution in [-0.4, -0.2) is 15.0 Å². The molecule has 3 aromatic heterocycles. The molecule has 4 nitrogen and oxygen atoms in total. The second kappa shape index (κ2) is 7.47. The monoisotopic (exact) mass is 408 g/mol. The first kappa shape index (κ1) is 18.1. The van der Waals surface area contributed by atoms with E-state index in [0.717, 1.165) is 27.2 Å². The Morgan fingerprint density at radius 3 is 2.60 bits per heavy atom. The van der Waals surface area contributed by atoms with Crippen molar-refractivity contribution in [1.82, 2.24) is 15.0 Å². The number of pyridine rings is 2. The van der Waals surface area contributed by atoms with Crippen molar-refractivity contribution in [3.05, 3.63) is 89.8 Å². The quantitative estimate of drug-likeness (QED) is 0.362. The van der Waals surface area contributed by atoms with Gasteiger partial charge in [-0.05, 0) is 47.5 Å². The highest BCUT2D eigenvalue weighted by molar-refractivity contribution is 7.13. The Hall–Kier alpha value is -3.95. The molecule has 0 fully saturated rings. The van der Waals surface area contributed by atoms with Gasteiger partial charge in [-0.1, -0.05) is 24.3 Å². The fourth-order valence-electron chi connectivity index (χ4n) is 3.46. The number of aromatic nitrogens is 3. The van der Waals surface area contributed by atoms with E-state index in [1.807, 2.05) is 23.6 Å². The number of rotatable bonds is 3. The molecule has 0 saturated heterocycles. The summed E-state index contributed by atoms with van der Waals surface area (Å²) in [4.78, 5) is 13.4. The minimum Gasteiger partial charge on any atom is -0.243 e. The molecule has 0 atom stereocenters. The van der Waals surface area contributed by atoms with E-state index >= 15 is 0 Å². The van der Waals surface area contributed by atoms with Gasteiger partial charge in [-0.25, -0.2) is 19.3 Å². The SMILES string of the molecule is N#Cc1ccccc1-c1cc(-c2ccnc3nc(-c4nccs4)ccc23)ccc1F. The van der Waals surface area contributed by atoms with Gasteiger partial charge in [0, 0.05) is 34.3 Å². The molecule has 0 saturated carbocycles. The summed E-state index contributed by atoms with van der Waals surface area (Å²) in [5.41, 5.74) is 4.49. The lowest BCUT2D eigenvalue weighted by atomic mass is 9.95. The van der Waals surface area contributed by atoms with Crippen molar-refractivity contribution in [2.24, 2.45) is 0 Å². The van der Waals surface area contributed by atoms with Crippen LogP contribution in [-0.2, 0) is 0 Å². The predicted molar refractivity (Wildman–Crippen MR) is 116 cm³/mol. The van der Waals surface area contributed by atoms with E-state index in [-0.39, 0.29) is 5.82 Å². The molecule has 0 N–H and O–H groups in total. The van der Waals surface area contributed by atoms with Gasteiger partial charge in [0.05, 0.1) is 11.6 Å². The maximum absolute atomic E-state index is 14.7. The average Bonchev–Trinajstić information content (AvgIpc) is 3.34. The molecule has 3 heterocycles. The van der Waals surface area contributed by atoms with Gasteiger partial charge in [0.15, 0.2) is 5.65 Å². The van der Waals surface area contributed by atoms with Gasteiger partial charge in [-0.2, -0.15) is 5.26 Å². The highest BCUT2D eigenvalue weighted by atomic mass is 32.1. The number of hydrogen-bond donors (Lipinski definition) is 0. The maximum atomic E-state index is 14.7. The molecule has 0 spiro atoms. The Balaban J connectivity index is 1.67. The Labute approximate surface area is 176 Å². The number of halogens is 1.